The van der Waals surface area contributed by atoms with Gasteiger partial charge >= 0.3 is 0 Å². The van der Waals surface area contributed by atoms with E-state index in [1.807, 2.05) is 26.0 Å². The lowest BCUT2D eigenvalue weighted by atomic mass is 10.2. The number of hydrogen-bond donors (Lipinski definition) is 3. The van der Waals surface area contributed by atoms with E-state index >= 15 is 0 Å². The van der Waals surface area contributed by atoms with Crippen LogP contribution in [-0.4, -0.2) is 28.6 Å². The Bertz CT molecular complexity index is 402. The maximum absolute atomic E-state index is 5.66. The van der Waals surface area contributed by atoms with E-state index in [-0.39, 0.29) is 6.04 Å². The molecular formula is C12H19N5S. The third-order valence-corrected chi connectivity index (χ3v) is 2.33. The van der Waals surface area contributed by atoms with Crippen molar-refractivity contribution in [2.24, 2.45) is 10.7 Å². The van der Waals surface area contributed by atoms with Gasteiger partial charge in [-0.3, -0.25) is 9.98 Å². The number of pyridine rings is 1. The van der Waals surface area contributed by atoms with Gasteiger partial charge in [0.2, 0.25) is 0 Å². The minimum absolute atomic E-state index is 0.150. The number of aliphatic imine (C=N–C) groups is 1. The van der Waals surface area contributed by atoms with E-state index in [1.165, 1.54) is 5.56 Å². The second-order valence-electron chi connectivity index (χ2n) is 4.09. The van der Waals surface area contributed by atoms with Crippen LogP contribution >= 0.6 is 12.2 Å². The topological polar surface area (TPSA) is 75.3 Å². The van der Waals surface area contributed by atoms with Crippen LogP contribution in [0, 0.1) is 0 Å². The number of hydrogen-bond acceptors (Lipinski definition) is 3. The molecule has 1 rings (SSSR count). The summed E-state index contributed by atoms with van der Waals surface area (Å²) in [5, 5.41) is 6.40. The molecule has 0 saturated heterocycles. The largest absolute Gasteiger partial charge is 0.370 e. The van der Waals surface area contributed by atoms with Gasteiger partial charge in [-0.15, -0.1) is 0 Å². The smallest absolute Gasteiger partial charge is 0.195 e. The number of nitrogens with one attached hydrogen (secondary N) is 2. The van der Waals surface area contributed by atoms with Gasteiger partial charge in [0.15, 0.2) is 11.1 Å². The molecule has 4 N–H and O–H groups in total. The van der Waals surface area contributed by atoms with Crippen molar-refractivity contribution < 1.29 is 0 Å². The molecule has 18 heavy (non-hydrogen) atoms. The monoisotopic (exact) mass is 265 g/mol. The summed E-state index contributed by atoms with van der Waals surface area (Å²) in [6.07, 6.45) is 4.43. The van der Waals surface area contributed by atoms with Gasteiger partial charge in [0.05, 0.1) is 0 Å². The summed E-state index contributed by atoms with van der Waals surface area (Å²) >= 11 is 5.10. The second-order valence-corrected chi connectivity index (χ2v) is 4.50. The number of thiocarbonyl (C=S) groups is 1. The second kappa shape index (κ2) is 7.60. The number of rotatable bonds is 4. The van der Waals surface area contributed by atoms with E-state index in [1.54, 1.807) is 12.4 Å². The Morgan fingerprint density at radius 2 is 2.11 bits per heavy atom. The zero-order chi connectivity index (χ0) is 13.4. The van der Waals surface area contributed by atoms with Crippen LogP contribution in [0.3, 0.4) is 0 Å². The highest BCUT2D eigenvalue weighted by molar-refractivity contribution is 7.80. The van der Waals surface area contributed by atoms with Gasteiger partial charge in [-0.05, 0) is 50.2 Å². The van der Waals surface area contributed by atoms with Crippen molar-refractivity contribution in [1.29, 1.82) is 0 Å². The SMILES string of the molecule is CC(C)N=C(N)NC(=S)NCCc1ccncc1. The zero-order valence-corrected chi connectivity index (χ0v) is 11.5. The highest BCUT2D eigenvalue weighted by atomic mass is 32.1. The molecule has 0 spiro atoms. The Labute approximate surface area is 113 Å². The minimum atomic E-state index is 0.150. The molecule has 0 aliphatic carbocycles. The minimum Gasteiger partial charge on any atom is -0.370 e. The van der Waals surface area contributed by atoms with E-state index in [0.29, 0.717) is 11.1 Å². The number of aromatic nitrogens is 1. The standard InChI is InChI=1S/C12H19N5S/c1-9(2)16-11(13)17-12(18)15-8-5-10-3-6-14-7-4-10/h3-4,6-7,9H,5,8H2,1-2H3,(H4,13,15,16,17,18). The van der Waals surface area contributed by atoms with Crippen LogP contribution in [0.4, 0.5) is 0 Å². The molecule has 1 heterocycles. The van der Waals surface area contributed by atoms with Gasteiger partial charge in [-0.2, -0.15) is 0 Å². The fourth-order valence-electron chi connectivity index (χ4n) is 1.34. The van der Waals surface area contributed by atoms with Gasteiger partial charge in [0.1, 0.15) is 0 Å². The van der Waals surface area contributed by atoms with E-state index in [2.05, 4.69) is 20.6 Å². The Morgan fingerprint density at radius 1 is 1.44 bits per heavy atom. The van der Waals surface area contributed by atoms with Crippen LogP contribution in [0.2, 0.25) is 0 Å². The molecule has 0 amide bonds. The normalized spacial score (nSPS) is 11.4. The summed E-state index contributed by atoms with van der Waals surface area (Å²) in [6, 6.07) is 4.11. The van der Waals surface area contributed by atoms with Crippen LogP contribution < -0.4 is 16.4 Å². The first-order chi connectivity index (χ1) is 8.58. The number of guanidine groups is 1. The maximum Gasteiger partial charge on any atom is 0.195 e. The van der Waals surface area contributed by atoms with E-state index < -0.39 is 0 Å². The highest BCUT2D eigenvalue weighted by Gasteiger charge is 1.99. The van der Waals surface area contributed by atoms with Crippen LogP contribution in [0.25, 0.3) is 0 Å². The van der Waals surface area contributed by atoms with Crippen LogP contribution in [0.15, 0.2) is 29.5 Å². The molecule has 6 heteroatoms. The predicted molar refractivity (Wildman–Crippen MR) is 78.4 cm³/mol. The van der Waals surface area contributed by atoms with Crippen LogP contribution in [-0.2, 0) is 6.42 Å². The summed E-state index contributed by atoms with van der Waals surface area (Å²) in [4.78, 5) is 8.10. The predicted octanol–water partition coefficient (Wildman–Crippen LogP) is 0.811. The number of nitrogens with two attached hydrogens (primary N) is 1. The molecule has 1 aromatic heterocycles. The molecule has 98 valence electrons. The van der Waals surface area contributed by atoms with Crippen molar-refractivity contribution in [3.05, 3.63) is 30.1 Å². The summed E-state index contributed by atoms with van der Waals surface area (Å²) in [6.45, 7) is 4.65. The molecule has 0 radical (unpaired) electrons. The van der Waals surface area contributed by atoms with Crippen molar-refractivity contribution >= 4 is 23.3 Å². The lowest BCUT2D eigenvalue weighted by Crippen LogP contribution is -2.44. The molecule has 5 nitrogen and oxygen atoms in total. The molecule has 0 bridgehead atoms. The summed E-state index contributed by atoms with van der Waals surface area (Å²) in [7, 11) is 0. The van der Waals surface area contributed by atoms with Gasteiger partial charge in [0.25, 0.3) is 0 Å². The lowest BCUT2D eigenvalue weighted by molar-refractivity contribution is 0.822. The van der Waals surface area contributed by atoms with E-state index in [0.717, 1.165) is 13.0 Å². The fourth-order valence-corrected chi connectivity index (χ4v) is 1.55. The first kappa shape index (κ1) is 14.4. The third-order valence-electron chi connectivity index (χ3n) is 2.09. The number of nitrogens with zero attached hydrogens (tertiary/aromatic N) is 2. The van der Waals surface area contributed by atoms with Crippen LogP contribution in [0.5, 0.6) is 0 Å². The highest BCUT2D eigenvalue weighted by Crippen LogP contribution is 1.95. The molecule has 0 fully saturated rings. The Kier molecular flexibility index (Phi) is 6.07. The molecule has 0 aliphatic heterocycles. The molecule has 0 aliphatic rings. The average Bonchev–Trinajstić information content (AvgIpc) is 2.29. The van der Waals surface area contributed by atoms with Crippen molar-refractivity contribution in [1.82, 2.24) is 15.6 Å². The molecule has 1 aromatic rings. The first-order valence-corrected chi connectivity index (χ1v) is 6.26. The first-order valence-electron chi connectivity index (χ1n) is 5.85. The van der Waals surface area contributed by atoms with Gasteiger partial charge in [0, 0.05) is 25.0 Å². The molecule has 0 atom stereocenters. The average molecular weight is 265 g/mol. The lowest BCUT2D eigenvalue weighted by Gasteiger charge is -2.10. The van der Waals surface area contributed by atoms with E-state index in [4.69, 9.17) is 18.0 Å². The maximum atomic E-state index is 5.66. The van der Waals surface area contributed by atoms with Gasteiger partial charge in [-0.1, -0.05) is 0 Å². The quantitative estimate of drug-likeness (QED) is 0.427. The Balaban J connectivity index is 2.26. The van der Waals surface area contributed by atoms with E-state index in [9.17, 15) is 0 Å². The van der Waals surface area contributed by atoms with Crippen molar-refractivity contribution in [2.75, 3.05) is 6.54 Å². The zero-order valence-electron chi connectivity index (χ0n) is 10.7. The molecule has 0 unspecified atom stereocenters. The van der Waals surface area contributed by atoms with Crippen molar-refractivity contribution in [3.8, 4) is 0 Å². The van der Waals surface area contributed by atoms with Crippen molar-refractivity contribution in [2.45, 2.75) is 26.3 Å². The molecule has 0 saturated carbocycles. The van der Waals surface area contributed by atoms with Crippen LogP contribution in [0.1, 0.15) is 19.4 Å². The summed E-state index contributed by atoms with van der Waals surface area (Å²) in [5.74, 6) is 0.339. The van der Waals surface area contributed by atoms with Gasteiger partial charge in [-0.25, -0.2) is 0 Å². The fraction of sp³-hybridized carbons (Fsp3) is 0.417. The third kappa shape index (κ3) is 6.15. The molecular weight excluding hydrogens is 246 g/mol. The van der Waals surface area contributed by atoms with Gasteiger partial charge < -0.3 is 16.4 Å². The Morgan fingerprint density at radius 3 is 2.72 bits per heavy atom. The summed E-state index contributed by atoms with van der Waals surface area (Å²) in [5.41, 5.74) is 6.87. The Hall–Kier alpha value is -1.69. The summed E-state index contributed by atoms with van der Waals surface area (Å²) < 4.78 is 0. The van der Waals surface area contributed by atoms with Crippen molar-refractivity contribution in [3.63, 3.8) is 0 Å². The molecule has 0 aromatic carbocycles.